The fraction of sp³-hybridized carbons (Fsp3) is 0.400. The van der Waals surface area contributed by atoms with Gasteiger partial charge >= 0.3 is 5.97 Å². The van der Waals surface area contributed by atoms with Gasteiger partial charge in [0.15, 0.2) is 5.41 Å². The highest BCUT2D eigenvalue weighted by Crippen LogP contribution is 2.36. The van der Waals surface area contributed by atoms with Crippen LogP contribution in [0.4, 0.5) is 4.39 Å². The minimum atomic E-state index is -1.58. The lowest BCUT2D eigenvalue weighted by molar-refractivity contribution is -0.164. The topological polar surface area (TPSA) is 63.7 Å². The number of hydrogen-bond donors (Lipinski definition) is 0. The number of carbonyl (C=O) groups is 3. The average molecular weight is 293 g/mol. The normalized spacial score (nSPS) is 22.3. The maximum Gasteiger partial charge on any atom is 0.326 e. The molecule has 6 heteroatoms. The number of likely N-dealkylation sites (N-methyl/N-ethyl adjacent to an activating group) is 1. The number of halogens is 1. The quantitative estimate of drug-likeness (QED) is 0.480. The SMILES string of the molecule is CCOC(=O)C1(c2ccc(F)cc2)CCC(=O)N(C)C1=O. The number of nitrogens with zero attached hydrogens (tertiary/aromatic N) is 1. The Hall–Kier alpha value is -2.24. The molecule has 0 bridgehead atoms. The molecule has 2 rings (SSSR count). The van der Waals surface area contributed by atoms with Crippen LogP contribution in [0, 0.1) is 5.82 Å². The summed E-state index contributed by atoms with van der Waals surface area (Å²) in [6.07, 6.45) is 0.0813. The van der Waals surface area contributed by atoms with Gasteiger partial charge < -0.3 is 4.74 Å². The number of imide groups is 1. The van der Waals surface area contributed by atoms with Gasteiger partial charge in [0.25, 0.3) is 5.91 Å². The minimum Gasteiger partial charge on any atom is -0.465 e. The van der Waals surface area contributed by atoms with Gasteiger partial charge in [-0.15, -0.1) is 0 Å². The molecular weight excluding hydrogens is 277 g/mol. The molecule has 1 aromatic rings. The van der Waals surface area contributed by atoms with Gasteiger partial charge in [-0.25, -0.2) is 4.39 Å². The summed E-state index contributed by atoms with van der Waals surface area (Å²) in [5, 5.41) is 0. The summed E-state index contributed by atoms with van der Waals surface area (Å²) < 4.78 is 18.1. The Kier molecular flexibility index (Phi) is 4.06. The molecular formula is C15H16FNO4. The van der Waals surface area contributed by atoms with Gasteiger partial charge in [0.2, 0.25) is 5.91 Å². The van der Waals surface area contributed by atoms with Gasteiger partial charge in [-0.1, -0.05) is 12.1 Å². The Bertz CT molecular complexity index is 584. The van der Waals surface area contributed by atoms with Crippen LogP contribution in [0.25, 0.3) is 0 Å². The molecule has 0 aliphatic carbocycles. The van der Waals surface area contributed by atoms with Gasteiger partial charge in [-0.3, -0.25) is 19.3 Å². The fourth-order valence-electron chi connectivity index (χ4n) is 2.53. The van der Waals surface area contributed by atoms with Crippen LogP contribution in [0.5, 0.6) is 0 Å². The highest BCUT2D eigenvalue weighted by Gasteiger charge is 2.54. The number of rotatable bonds is 3. The third kappa shape index (κ3) is 2.41. The molecule has 2 amide bonds. The van der Waals surface area contributed by atoms with Gasteiger partial charge in [0.05, 0.1) is 6.61 Å². The second-order valence-corrected chi connectivity index (χ2v) is 4.89. The molecule has 112 valence electrons. The molecule has 0 radical (unpaired) electrons. The summed E-state index contributed by atoms with van der Waals surface area (Å²) in [7, 11) is 1.33. The predicted octanol–water partition coefficient (Wildman–Crippen LogP) is 1.41. The van der Waals surface area contributed by atoms with Crippen LogP contribution >= 0.6 is 0 Å². The first-order valence-corrected chi connectivity index (χ1v) is 6.67. The van der Waals surface area contributed by atoms with Crippen molar-refractivity contribution in [3.63, 3.8) is 0 Å². The molecule has 0 N–H and O–H groups in total. The Balaban J connectivity index is 2.54. The van der Waals surface area contributed by atoms with E-state index in [-0.39, 0.29) is 25.4 Å². The van der Waals surface area contributed by atoms with E-state index in [4.69, 9.17) is 4.74 Å². The lowest BCUT2D eigenvalue weighted by Gasteiger charge is -2.37. The summed E-state index contributed by atoms with van der Waals surface area (Å²) in [6.45, 7) is 1.76. The zero-order chi connectivity index (χ0) is 15.6. The van der Waals surface area contributed by atoms with Crippen molar-refractivity contribution in [2.45, 2.75) is 25.2 Å². The number of benzene rings is 1. The number of hydrogen-bond acceptors (Lipinski definition) is 4. The largest absolute Gasteiger partial charge is 0.465 e. The molecule has 0 spiro atoms. The number of amides is 2. The maximum absolute atomic E-state index is 13.1. The first kappa shape index (κ1) is 15.2. The lowest BCUT2D eigenvalue weighted by Crippen LogP contribution is -2.56. The summed E-state index contributed by atoms with van der Waals surface area (Å²) in [5.41, 5.74) is -1.24. The van der Waals surface area contributed by atoms with Crippen molar-refractivity contribution >= 4 is 17.8 Å². The third-order valence-electron chi connectivity index (χ3n) is 3.72. The molecule has 1 fully saturated rings. The van der Waals surface area contributed by atoms with Crippen molar-refractivity contribution in [2.75, 3.05) is 13.7 Å². The Morgan fingerprint density at radius 2 is 1.95 bits per heavy atom. The number of carbonyl (C=O) groups excluding carboxylic acids is 3. The number of esters is 1. The van der Waals surface area contributed by atoms with Crippen molar-refractivity contribution in [3.05, 3.63) is 35.6 Å². The molecule has 1 unspecified atom stereocenters. The highest BCUT2D eigenvalue weighted by atomic mass is 19.1. The predicted molar refractivity (Wildman–Crippen MR) is 71.7 cm³/mol. The van der Waals surface area contributed by atoms with E-state index < -0.39 is 23.1 Å². The van der Waals surface area contributed by atoms with Crippen LogP contribution < -0.4 is 0 Å². The third-order valence-corrected chi connectivity index (χ3v) is 3.72. The van der Waals surface area contributed by atoms with E-state index in [1.807, 2.05) is 0 Å². The van der Waals surface area contributed by atoms with Crippen LogP contribution in [-0.4, -0.2) is 36.3 Å². The van der Waals surface area contributed by atoms with Crippen molar-refractivity contribution in [1.82, 2.24) is 4.90 Å². The highest BCUT2D eigenvalue weighted by molar-refractivity contribution is 6.15. The monoisotopic (exact) mass is 293 g/mol. The van der Waals surface area contributed by atoms with Gasteiger partial charge in [0, 0.05) is 13.5 Å². The van der Waals surface area contributed by atoms with E-state index in [9.17, 15) is 18.8 Å². The molecule has 1 aliphatic rings. The first-order valence-electron chi connectivity index (χ1n) is 6.67. The first-order chi connectivity index (χ1) is 9.93. The molecule has 1 atom stereocenters. The van der Waals surface area contributed by atoms with Gasteiger partial charge in [0.1, 0.15) is 5.82 Å². The van der Waals surface area contributed by atoms with Crippen LogP contribution in [0.1, 0.15) is 25.3 Å². The second-order valence-electron chi connectivity index (χ2n) is 4.89. The van der Waals surface area contributed by atoms with E-state index >= 15 is 0 Å². The van der Waals surface area contributed by atoms with Crippen LogP contribution in [-0.2, 0) is 24.5 Å². The molecule has 1 heterocycles. The zero-order valence-corrected chi connectivity index (χ0v) is 11.9. The van der Waals surface area contributed by atoms with Crippen molar-refractivity contribution in [3.8, 4) is 0 Å². The van der Waals surface area contributed by atoms with Crippen LogP contribution in [0.3, 0.4) is 0 Å². The standard InChI is InChI=1S/C15H16FNO4/c1-3-21-14(20)15(10-4-6-11(16)7-5-10)9-8-12(18)17(2)13(15)19/h4-7H,3,8-9H2,1-2H3. The van der Waals surface area contributed by atoms with Gasteiger partial charge in [-0.05, 0) is 31.0 Å². The van der Waals surface area contributed by atoms with E-state index in [1.54, 1.807) is 6.92 Å². The molecule has 1 saturated heterocycles. The number of ether oxygens (including phenoxy) is 1. The van der Waals surface area contributed by atoms with Crippen molar-refractivity contribution in [2.24, 2.45) is 0 Å². The molecule has 1 aliphatic heterocycles. The molecule has 21 heavy (non-hydrogen) atoms. The summed E-state index contributed by atoms with van der Waals surface area (Å²) in [5.74, 6) is -2.16. The Labute approximate surface area is 121 Å². The van der Waals surface area contributed by atoms with Crippen LogP contribution in [0.2, 0.25) is 0 Å². The van der Waals surface area contributed by atoms with E-state index in [1.165, 1.54) is 31.3 Å². The molecule has 1 aromatic carbocycles. The summed E-state index contributed by atoms with van der Waals surface area (Å²) >= 11 is 0. The van der Waals surface area contributed by atoms with E-state index in [0.29, 0.717) is 5.56 Å². The van der Waals surface area contributed by atoms with E-state index in [2.05, 4.69) is 0 Å². The maximum atomic E-state index is 13.1. The minimum absolute atomic E-state index is 0.0273. The van der Waals surface area contributed by atoms with Crippen LogP contribution in [0.15, 0.2) is 24.3 Å². The average Bonchev–Trinajstić information content (AvgIpc) is 2.47. The lowest BCUT2D eigenvalue weighted by atomic mass is 9.73. The van der Waals surface area contributed by atoms with Gasteiger partial charge in [-0.2, -0.15) is 0 Å². The number of piperidine rings is 1. The molecule has 0 saturated carbocycles. The molecule has 5 nitrogen and oxygen atoms in total. The summed E-state index contributed by atoms with van der Waals surface area (Å²) in [6, 6.07) is 5.13. The molecule has 0 aromatic heterocycles. The fourth-order valence-corrected chi connectivity index (χ4v) is 2.53. The van der Waals surface area contributed by atoms with Crippen molar-refractivity contribution in [1.29, 1.82) is 0 Å². The summed E-state index contributed by atoms with van der Waals surface area (Å²) in [4.78, 5) is 37.5. The Morgan fingerprint density at radius 3 is 2.52 bits per heavy atom. The van der Waals surface area contributed by atoms with E-state index in [0.717, 1.165) is 4.90 Å². The number of likely N-dealkylation sites (tertiary alicyclic amines) is 1. The van der Waals surface area contributed by atoms with Crippen molar-refractivity contribution < 1.29 is 23.5 Å². The zero-order valence-electron chi connectivity index (χ0n) is 11.9. The second kappa shape index (κ2) is 5.63. The smallest absolute Gasteiger partial charge is 0.326 e. The Morgan fingerprint density at radius 1 is 1.33 bits per heavy atom.